The monoisotopic (exact) mass is 169 g/mol. The van der Waals surface area contributed by atoms with Crippen LogP contribution in [0.1, 0.15) is 45.4 Å². The van der Waals surface area contributed by atoms with Crippen LogP contribution >= 0.6 is 0 Å². The highest BCUT2D eigenvalue weighted by Crippen LogP contribution is 2.16. The van der Waals surface area contributed by atoms with Crippen LogP contribution in [0.25, 0.3) is 0 Å². The third kappa shape index (κ3) is 5.36. The van der Waals surface area contributed by atoms with Crippen molar-refractivity contribution in [3.63, 3.8) is 0 Å². The van der Waals surface area contributed by atoms with Crippen LogP contribution in [-0.4, -0.2) is 12.6 Å². The summed E-state index contributed by atoms with van der Waals surface area (Å²) in [5.41, 5.74) is 0. The SMILES string of the molecule is C=C.CCCNC1CCCCC1. The highest BCUT2D eigenvalue weighted by Gasteiger charge is 2.10. The molecule has 0 atom stereocenters. The smallest absolute Gasteiger partial charge is 0.00670 e. The van der Waals surface area contributed by atoms with Crippen molar-refractivity contribution in [3.05, 3.63) is 13.2 Å². The summed E-state index contributed by atoms with van der Waals surface area (Å²) in [6, 6.07) is 0.855. The first kappa shape index (κ1) is 11.7. The van der Waals surface area contributed by atoms with Gasteiger partial charge in [0.25, 0.3) is 0 Å². The van der Waals surface area contributed by atoms with Crippen LogP contribution in [0.15, 0.2) is 13.2 Å². The molecule has 0 amide bonds. The van der Waals surface area contributed by atoms with Crippen molar-refractivity contribution < 1.29 is 0 Å². The van der Waals surface area contributed by atoms with Crippen molar-refractivity contribution in [1.82, 2.24) is 5.32 Å². The van der Waals surface area contributed by atoms with Crippen LogP contribution in [0.4, 0.5) is 0 Å². The molecular formula is C11H23N. The normalized spacial score (nSPS) is 18.1. The van der Waals surface area contributed by atoms with Gasteiger partial charge in [-0.25, -0.2) is 0 Å². The van der Waals surface area contributed by atoms with Crippen molar-refractivity contribution in [2.24, 2.45) is 0 Å². The van der Waals surface area contributed by atoms with Gasteiger partial charge in [-0.15, -0.1) is 13.2 Å². The van der Waals surface area contributed by atoms with Gasteiger partial charge < -0.3 is 5.32 Å². The third-order valence-electron chi connectivity index (χ3n) is 2.29. The zero-order valence-electron chi connectivity index (χ0n) is 8.44. The molecule has 1 rings (SSSR count). The van der Waals surface area contributed by atoms with E-state index in [1.165, 1.54) is 45.1 Å². The average molecular weight is 169 g/mol. The molecule has 12 heavy (non-hydrogen) atoms. The molecule has 0 saturated heterocycles. The molecule has 0 aromatic rings. The van der Waals surface area contributed by atoms with Gasteiger partial charge in [0.15, 0.2) is 0 Å². The topological polar surface area (TPSA) is 12.0 Å². The van der Waals surface area contributed by atoms with Gasteiger partial charge in [-0.2, -0.15) is 0 Å². The third-order valence-corrected chi connectivity index (χ3v) is 2.29. The van der Waals surface area contributed by atoms with E-state index in [0.717, 1.165) is 6.04 Å². The van der Waals surface area contributed by atoms with Crippen LogP contribution in [-0.2, 0) is 0 Å². The fourth-order valence-corrected chi connectivity index (χ4v) is 1.66. The molecule has 72 valence electrons. The Labute approximate surface area is 77.2 Å². The Balaban J connectivity index is 0.000000561. The molecule has 0 heterocycles. The molecule has 0 radical (unpaired) electrons. The number of hydrogen-bond acceptors (Lipinski definition) is 1. The highest BCUT2D eigenvalue weighted by molar-refractivity contribution is 4.70. The van der Waals surface area contributed by atoms with Crippen LogP contribution in [0, 0.1) is 0 Å². The molecule has 0 spiro atoms. The van der Waals surface area contributed by atoms with Gasteiger partial charge in [0, 0.05) is 6.04 Å². The Morgan fingerprint density at radius 3 is 2.25 bits per heavy atom. The Bertz CT molecular complexity index is 85.0. The minimum Gasteiger partial charge on any atom is -0.314 e. The lowest BCUT2D eigenvalue weighted by Crippen LogP contribution is -2.31. The Hall–Kier alpha value is -0.300. The van der Waals surface area contributed by atoms with Crippen molar-refractivity contribution >= 4 is 0 Å². The van der Waals surface area contributed by atoms with Crippen LogP contribution in [0.3, 0.4) is 0 Å². The van der Waals surface area contributed by atoms with Gasteiger partial charge in [0.1, 0.15) is 0 Å². The van der Waals surface area contributed by atoms with Crippen LogP contribution in [0.2, 0.25) is 0 Å². The first-order chi connectivity index (χ1) is 5.93. The van der Waals surface area contributed by atoms with E-state index < -0.39 is 0 Å². The molecule has 0 aromatic heterocycles. The van der Waals surface area contributed by atoms with Crippen molar-refractivity contribution in [3.8, 4) is 0 Å². The quantitative estimate of drug-likeness (QED) is 0.640. The van der Waals surface area contributed by atoms with Gasteiger partial charge in [0.05, 0.1) is 0 Å². The number of nitrogens with one attached hydrogen (secondary N) is 1. The fraction of sp³-hybridized carbons (Fsp3) is 0.818. The molecule has 1 nitrogen and oxygen atoms in total. The van der Waals surface area contributed by atoms with E-state index in [4.69, 9.17) is 0 Å². The summed E-state index contributed by atoms with van der Waals surface area (Å²) < 4.78 is 0. The summed E-state index contributed by atoms with van der Waals surface area (Å²) in [5, 5.41) is 3.57. The maximum Gasteiger partial charge on any atom is 0.00670 e. The lowest BCUT2D eigenvalue weighted by atomic mass is 9.95. The maximum atomic E-state index is 3.57. The van der Waals surface area contributed by atoms with E-state index >= 15 is 0 Å². The van der Waals surface area contributed by atoms with Gasteiger partial charge >= 0.3 is 0 Å². The van der Waals surface area contributed by atoms with E-state index in [2.05, 4.69) is 25.4 Å². The fourth-order valence-electron chi connectivity index (χ4n) is 1.66. The van der Waals surface area contributed by atoms with E-state index in [-0.39, 0.29) is 0 Å². The van der Waals surface area contributed by atoms with Crippen molar-refractivity contribution in [2.45, 2.75) is 51.5 Å². The number of rotatable bonds is 3. The largest absolute Gasteiger partial charge is 0.314 e. The van der Waals surface area contributed by atoms with Crippen molar-refractivity contribution in [1.29, 1.82) is 0 Å². The molecular weight excluding hydrogens is 146 g/mol. The lowest BCUT2D eigenvalue weighted by Gasteiger charge is -2.22. The second kappa shape index (κ2) is 8.79. The zero-order chi connectivity index (χ0) is 9.23. The molecule has 0 unspecified atom stereocenters. The standard InChI is InChI=1S/C9H19N.C2H4/c1-2-8-10-9-6-4-3-5-7-9;1-2/h9-10H,2-8H2,1H3;1-2H2. The first-order valence-electron chi connectivity index (χ1n) is 5.17. The van der Waals surface area contributed by atoms with Gasteiger partial charge in [0.2, 0.25) is 0 Å². The first-order valence-corrected chi connectivity index (χ1v) is 5.17. The summed E-state index contributed by atoms with van der Waals surface area (Å²) in [7, 11) is 0. The van der Waals surface area contributed by atoms with E-state index in [9.17, 15) is 0 Å². The minimum atomic E-state index is 0.855. The van der Waals surface area contributed by atoms with Gasteiger partial charge in [-0.05, 0) is 25.8 Å². The minimum absolute atomic E-state index is 0.855. The second-order valence-electron chi connectivity index (χ2n) is 3.29. The summed E-state index contributed by atoms with van der Waals surface area (Å²) in [6.07, 6.45) is 8.46. The predicted molar refractivity (Wildman–Crippen MR) is 56.4 cm³/mol. The maximum absolute atomic E-state index is 3.57. The predicted octanol–water partition coefficient (Wildman–Crippen LogP) is 3.12. The Kier molecular flexibility index (Phi) is 8.57. The second-order valence-corrected chi connectivity index (χ2v) is 3.29. The lowest BCUT2D eigenvalue weighted by molar-refractivity contribution is 0.374. The summed E-state index contributed by atoms with van der Waals surface area (Å²) in [5.74, 6) is 0. The molecule has 0 bridgehead atoms. The molecule has 0 aliphatic heterocycles. The number of hydrogen-bond donors (Lipinski definition) is 1. The van der Waals surface area contributed by atoms with Crippen LogP contribution in [0.5, 0.6) is 0 Å². The van der Waals surface area contributed by atoms with Crippen LogP contribution < -0.4 is 5.32 Å². The molecule has 1 heteroatoms. The van der Waals surface area contributed by atoms with E-state index in [1.54, 1.807) is 0 Å². The van der Waals surface area contributed by atoms with Crippen molar-refractivity contribution in [2.75, 3.05) is 6.54 Å². The van der Waals surface area contributed by atoms with E-state index in [0.29, 0.717) is 0 Å². The zero-order valence-corrected chi connectivity index (χ0v) is 8.44. The van der Waals surface area contributed by atoms with E-state index in [1.807, 2.05) is 0 Å². The highest BCUT2D eigenvalue weighted by atomic mass is 14.9. The van der Waals surface area contributed by atoms with Gasteiger partial charge in [-0.3, -0.25) is 0 Å². The molecule has 1 fully saturated rings. The molecule has 0 aromatic carbocycles. The Morgan fingerprint density at radius 1 is 1.17 bits per heavy atom. The van der Waals surface area contributed by atoms with Gasteiger partial charge in [-0.1, -0.05) is 26.2 Å². The summed E-state index contributed by atoms with van der Waals surface area (Å²) in [6.45, 7) is 9.44. The average Bonchev–Trinajstić information content (AvgIpc) is 2.19. The molecule has 1 N–H and O–H groups in total. The molecule has 1 saturated carbocycles. The summed E-state index contributed by atoms with van der Waals surface area (Å²) >= 11 is 0. The molecule has 1 aliphatic carbocycles. The summed E-state index contributed by atoms with van der Waals surface area (Å²) in [4.78, 5) is 0. The Morgan fingerprint density at radius 2 is 1.75 bits per heavy atom. The molecule has 1 aliphatic rings.